The van der Waals surface area contributed by atoms with Crippen molar-refractivity contribution in [3.8, 4) is 0 Å². The molecule has 2 nitrogen and oxygen atoms in total. The van der Waals surface area contributed by atoms with E-state index in [1.54, 1.807) is 0 Å². The van der Waals surface area contributed by atoms with Crippen molar-refractivity contribution >= 4 is 0 Å². The second-order valence-corrected chi connectivity index (χ2v) is 4.19. The summed E-state index contributed by atoms with van der Waals surface area (Å²) >= 11 is 0. The maximum Gasteiger partial charge on any atom is 0.0194 e. The fourth-order valence-electron chi connectivity index (χ4n) is 2.05. The Bertz CT molecular complexity index is 142. The fraction of sp³-hybridized carbons (Fsp3) is 1.00. The van der Waals surface area contributed by atoms with Crippen molar-refractivity contribution in [2.24, 2.45) is 17.6 Å². The molecule has 11 heavy (non-hydrogen) atoms. The molecular formula is C9H18N2. The molecule has 0 aromatic heterocycles. The van der Waals surface area contributed by atoms with Crippen LogP contribution in [0.4, 0.5) is 0 Å². The van der Waals surface area contributed by atoms with Crippen LogP contribution in [0.2, 0.25) is 0 Å². The Kier molecular flexibility index (Phi) is 1.90. The van der Waals surface area contributed by atoms with Crippen molar-refractivity contribution in [2.75, 3.05) is 6.54 Å². The average molecular weight is 154 g/mol. The zero-order chi connectivity index (χ0) is 7.84. The highest BCUT2D eigenvalue weighted by atomic mass is 15.0. The molecule has 2 heteroatoms. The van der Waals surface area contributed by atoms with E-state index in [2.05, 4.69) is 12.2 Å². The summed E-state index contributed by atoms with van der Waals surface area (Å²) in [5, 5.41) is 3.48. The quantitative estimate of drug-likeness (QED) is 0.584. The van der Waals surface area contributed by atoms with Gasteiger partial charge in [-0.05, 0) is 44.6 Å². The molecule has 2 rings (SSSR count). The van der Waals surface area contributed by atoms with Crippen LogP contribution in [0, 0.1) is 11.8 Å². The Hall–Kier alpha value is -0.0800. The predicted octanol–water partition coefficient (Wildman–Crippen LogP) is 0.722. The van der Waals surface area contributed by atoms with E-state index in [0.717, 1.165) is 11.8 Å². The van der Waals surface area contributed by atoms with Crippen molar-refractivity contribution < 1.29 is 0 Å². The Morgan fingerprint density at radius 2 is 2.00 bits per heavy atom. The third-order valence-electron chi connectivity index (χ3n) is 3.21. The summed E-state index contributed by atoms with van der Waals surface area (Å²) in [5.41, 5.74) is 5.97. The molecule has 0 radical (unpaired) electrons. The Morgan fingerprint density at radius 1 is 1.27 bits per heavy atom. The number of nitrogens with one attached hydrogen (secondary N) is 1. The van der Waals surface area contributed by atoms with E-state index in [-0.39, 0.29) is 0 Å². The van der Waals surface area contributed by atoms with Crippen LogP contribution in [0.3, 0.4) is 0 Å². The van der Waals surface area contributed by atoms with Crippen LogP contribution < -0.4 is 11.1 Å². The minimum atomic E-state index is 0.398. The van der Waals surface area contributed by atoms with Crippen LogP contribution >= 0.6 is 0 Å². The van der Waals surface area contributed by atoms with Crippen molar-refractivity contribution in [3.63, 3.8) is 0 Å². The van der Waals surface area contributed by atoms with E-state index in [9.17, 15) is 0 Å². The van der Waals surface area contributed by atoms with Gasteiger partial charge in [-0.25, -0.2) is 0 Å². The molecule has 1 saturated heterocycles. The molecule has 0 aromatic carbocycles. The van der Waals surface area contributed by atoms with Gasteiger partial charge in [-0.3, -0.25) is 0 Å². The number of nitrogens with two attached hydrogens (primary N) is 1. The van der Waals surface area contributed by atoms with Crippen LogP contribution in [0.1, 0.15) is 26.2 Å². The normalized spacial score (nSPS) is 45.8. The van der Waals surface area contributed by atoms with Crippen molar-refractivity contribution in [1.82, 2.24) is 5.32 Å². The lowest BCUT2D eigenvalue weighted by Crippen LogP contribution is -2.51. The summed E-state index contributed by atoms with van der Waals surface area (Å²) in [6, 6.07) is 0.930. The molecule has 1 aliphatic heterocycles. The van der Waals surface area contributed by atoms with E-state index in [1.807, 2.05) is 0 Å². The number of hydrogen-bond donors (Lipinski definition) is 2. The molecule has 0 bridgehead atoms. The lowest BCUT2D eigenvalue weighted by atomic mass is 9.88. The minimum absolute atomic E-state index is 0.398. The fourth-order valence-corrected chi connectivity index (χ4v) is 2.05. The Balaban J connectivity index is 1.86. The molecule has 64 valence electrons. The van der Waals surface area contributed by atoms with Gasteiger partial charge in [0.05, 0.1) is 0 Å². The first kappa shape index (κ1) is 7.56. The molecule has 2 fully saturated rings. The van der Waals surface area contributed by atoms with Gasteiger partial charge in [-0.15, -0.1) is 0 Å². The molecule has 3 N–H and O–H groups in total. The van der Waals surface area contributed by atoms with Gasteiger partial charge < -0.3 is 11.1 Å². The van der Waals surface area contributed by atoms with Gasteiger partial charge in [-0.1, -0.05) is 0 Å². The van der Waals surface area contributed by atoms with Gasteiger partial charge in [0.15, 0.2) is 0 Å². The third-order valence-corrected chi connectivity index (χ3v) is 3.21. The molecule has 3 unspecified atom stereocenters. The molecule has 0 amide bonds. The smallest absolute Gasteiger partial charge is 0.0194 e. The van der Waals surface area contributed by atoms with E-state index in [0.29, 0.717) is 12.1 Å². The first-order valence-corrected chi connectivity index (χ1v) is 4.76. The minimum Gasteiger partial charge on any atom is -0.326 e. The topological polar surface area (TPSA) is 38.0 Å². The maximum absolute atomic E-state index is 5.97. The van der Waals surface area contributed by atoms with Crippen molar-refractivity contribution in [2.45, 2.75) is 38.3 Å². The molecule has 1 heterocycles. The molecule has 0 aromatic rings. The van der Waals surface area contributed by atoms with E-state index in [4.69, 9.17) is 5.73 Å². The van der Waals surface area contributed by atoms with Gasteiger partial charge in [0, 0.05) is 12.1 Å². The summed E-state index contributed by atoms with van der Waals surface area (Å²) in [4.78, 5) is 0. The Morgan fingerprint density at radius 3 is 2.55 bits per heavy atom. The summed E-state index contributed by atoms with van der Waals surface area (Å²) < 4.78 is 0. The van der Waals surface area contributed by atoms with Gasteiger partial charge in [0.1, 0.15) is 0 Å². The molecular weight excluding hydrogens is 136 g/mol. The predicted molar refractivity (Wildman–Crippen MR) is 46.3 cm³/mol. The van der Waals surface area contributed by atoms with Crippen LogP contribution in [0.25, 0.3) is 0 Å². The number of rotatable bonds is 1. The second kappa shape index (κ2) is 2.76. The van der Waals surface area contributed by atoms with Gasteiger partial charge in [-0.2, -0.15) is 0 Å². The zero-order valence-electron chi connectivity index (χ0n) is 7.22. The summed E-state index contributed by atoms with van der Waals surface area (Å²) in [5.74, 6) is 1.90. The first-order chi connectivity index (χ1) is 5.27. The van der Waals surface area contributed by atoms with Gasteiger partial charge in [0.2, 0.25) is 0 Å². The molecule has 3 atom stereocenters. The molecule has 1 saturated carbocycles. The van der Waals surface area contributed by atoms with E-state index < -0.39 is 0 Å². The maximum atomic E-state index is 5.97. The van der Waals surface area contributed by atoms with Crippen molar-refractivity contribution in [3.05, 3.63) is 0 Å². The standard InChI is InChI=1S/C9H18N2/c1-6-9(10)4-8(5-11-6)7-2-3-7/h6-9,11H,2-5,10H2,1H3. The highest BCUT2D eigenvalue weighted by molar-refractivity contribution is 4.92. The Labute approximate surface area is 68.5 Å². The number of hydrogen-bond acceptors (Lipinski definition) is 2. The highest BCUT2D eigenvalue weighted by Crippen LogP contribution is 2.39. The summed E-state index contributed by atoms with van der Waals surface area (Å²) in [7, 11) is 0. The van der Waals surface area contributed by atoms with Crippen LogP contribution in [-0.4, -0.2) is 18.6 Å². The van der Waals surface area contributed by atoms with E-state index >= 15 is 0 Å². The average Bonchev–Trinajstić information content (AvgIpc) is 2.77. The monoisotopic (exact) mass is 154 g/mol. The van der Waals surface area contributed by atoms with Crippen LogP contribution in [-0.2, 0) is 0 Å². The first-order valence-electron chi connectivity index (χ1n) is 4.76. The largest absolute Gasteiger partial charge is 0.326 e. The zero-order valence-corrected chi connectivity index (χ0v) is 7.22. The van der Waals surface area contributed by atoms with Crippen LogP contribution in [0.5, 0.6) is 0 Å². The SMILES string of the molecule is CC1NCC(C2CC2)CC1N. The summed E-state index contributed by atoms with van der Waals surface area (Å²) in [6.07, 6.45) is 4.15. The summed E-state index contributed by atoms with van der Waals surface area (Å²) in [6.45, 7) is 3.40. The van der Waals surface area contributed by atoms with Crippen LogP contribution in [0.15, 0.2) is 0 Å². The molecule has 1 aliphatic carbocycles. The third kappa shape index (κ3) is 1.57. The lowest BCUT2D eigenvalue weighted by molar-refractivity contribution is 0.263. The number of piperidine rings is 1. The van der Waals surface area contributed by atoms with Crippen molar-refractivity contribution in [1.29, 1.82) is 0 Å². The van der Waals surface area contributed by atoms with Gasteiger partial charge >= 0.3 is 0 Å². The van der Waals surface area contributed by atoms with E-state index in [1.165, 1.54) is 25.8 Å². The molecule has 2 aliphatic rings. The second-order valence-electron chi connectivity index (χ2n) is 4.19. The lowest BCUT2D eigenvalue weighted by Gasteiger charge is -2.33. The van der Waals surface area contributed by atoms with Gasteiger partial charge in [0.25, 0.3) is 0 Å². The molecule has 0 spiro atoms. The highest BCUT2D eigenvalue weighted by Gasteiger charge is 2.35.